The maximum Gasteiger partial charge on any atom is 0.346 e. The molecule has 0 radical (unpaired) electrons. The van der Waals surface area contributed by atoms with Crippen LogP contribution in [0.15, 0.2) is 18.2 Å². The third kappa shape index (κ3) is 5.00. The zero-order valence-electron chi connectivity index (χ0n) is 11.9. The molecular weight excluding hydrogens is 282 g/mol. The second-order valence-corrected chi connectivity index (χ2v) is 4.58. The zero-order valence-corrected chi connectivity index (χ0v) is 12.7. The molecule has 6 heteroatoms. The lowest BCUT2D eigenvalue weighted by Gasteiger charge is -2.17. The van der Waals surface area contributed by atoms with Gasteiger partial charge in [-0.15, -0.1) is 0 Å². The average molecular weight is 302 g/mol. The van der Waals surface area contributed by atoms with E-state index in [2.05, 4.69) is 10.1 Å². The molecule has 0 amide bonds. The van der Waals surface area contributed by atoms with E-state index in [0.29, 0.717) is 30.5 Å². The van der Waals surface area contributed by atoms with Crippen molar-refractivity contribution in [2.24, 2.45) is 0 Å². The second kappa shape index (κ2) is 8.79. The fraction of sp³-hybridized carbons (Fsp3) is 0.500. The predicted octanol–water partition coefficient (Wildman–Crippen LogP) is 2.02. The molecule has 5 nitrogen and oxygen atoms in total. The smallest absolute Gasteiger partial charge is 0.346 e. The van der Waals surface area contributed by atoms with Crippen molar-refractivity contribution in [3.63, 3.8) is 0 Å². The fourth-order valence-corrected chi connectivity index (χ4v) is 1.85. The number of nitrogens with one attached hydrogen (secondary N) is 1. The molecule has 20 heavy (non-hydrogen) atoms. The van der Waals surface area contributed by atoms with E-state index >= 15 is 0 Å². The Labute approximate surface area is 124 Å². The first-order valence-electron chi connectivity index (χ1n) is 6.31. The standard InChI is InChI=1S/C14H20ClNO4/c1-10(14(17)19-3)20-13-6-4-5-12(15)11(13)9-16-7-8-18-2/h4-6,10,16H,7-9H2,1-3H3. The zero-order chi connectivity index (χ0) is 15.0. The maximum atomic E-state index is 11.4. The van der Waals surface area contributed by atoms with Crippen LogP contribution in [-0.2, 0) is 20.8 Å². The highest BCUT2D eigenvalue weighted by molar-refractivity contribution is 6.31. The second-order valence-electron chi connectivity index (χ2n) is 4.17. The van der Waals surface area contributed by atoms with Crippen molar-refractivity contribution in [3.8, 4) is 5.75 Å². The quantitative estimate of drug-likeness (QED) is 0.588. The molecule has 1 aromatic carbocycles. The monoisotopic (exact) mass is 301 g/mol. The molecule has 0 heterocycles. The van der Waals surface area contributed by atoms with Crippen LogP contribution >= 0.6 is 11.6 Å². The number of esters is 1. The van der Waals surface area contributed by atoms with Crippen molar-refractivity contribution < 1.29 is 19.0 Å². The van der Waals surface area contributed by atoms with Crippen LogP contribution in [0.2, 0.25) is 5.02 Å². The summed E-state index contributed by atoms with van der Waals surface area (Å²) < 4.78 is 15.2. The van der Waals surface area contributed by atoms with E-state index in [-0.39, 0.29) is 0 Å². The van der Waals surface area contributed by atoms with E-state index in [9.17, 15) is 4.79 Å². The van der Waals surface area contributed by atoms with Gasteiger partial charge in [0, 0.05) is 30.8 Å². The van der Waals surface area contributed by atoms with Crippen molar-refractivity contribution in [2.45, 2.75) is 19.6 Å². The molecule has 0 saturated carbocycles. The summed E-state index contributed by atoms with van der Waals surface area (Å²) in [6, 6.07) is 5.34. The Bertz CT molecular complexity index is 439. The highest BCUT2D eigenvalue weighted by Crippen LogP contribution is 2.27. The Morgan fingerprint density at radius 3 is 2.80 bits per heavy atom. The maximum absolute atomic E-state index is 11.4. The van der Waals surface area contributed by atoms with Crippen LogP contribution in [0.5, 0.6) is 5.75 Å². The van der Waals surface area contributed by atoms with Crippen molar-refractivity contribution in [2.75, 3.05) is 27.4 Å². The first-order chi connectivity index (χ1) is 9.60. The first-order valence-corrected chi connectivity index (χ1v) is 6.69. The SMILES string of the molecule is COCCNCc1c(Cl)cccc1OC(C)C(=O)OC. The summed E-state index contributed by atoms with van der Waals surface area (Å²) in [5.74, 6) is 0.142. The van der Waals surface area contributed by atoms with E-state index in [4.69, 9.17) is 21.1 Å². The summed E-state index contributed by atoms with van der Waals surface area (Å²) in [6.45, 7) is 3.48. The average Bonchev–Trinajstić information content (AvgIpc) is 2.44. The van der Waals surface area contributed by atoms with Gasteiger partial charge in [0.15, 0.2) is 6.10 Å². The Hall–Kier alpha value is -1.30. The van der Waals surface area contributed by atoms with Gasteiger partial charge in [0.1, 0.15) is 5.75 Å². The van der Waals surface area contributed by atoms with Gasteiger partial charge in [-0.05, 0) is 19.1 Å². The minimum atomic E-state index is -0.684. The Balaban J connectivity index is 2.74. The molecule has 1 rings (SSSR count). The first kappa shape index (κ1) is 16.8. The summed E-state index contributed by atoms with van der Waals surface area (Å²) in [7, 11) is 2.97. The van der Waals surface area contributed by atoms with Gasteiger partial charge < -0.3 is 19.5 Å². The minimum absolute atomic E-state index is 0.428. The predicted molar refractivity (Wildman–Crippen MR) is 77.1 cm³/mol. The minimum Gasteiger partial charge on any atom is -0.479 e. The van der Waals surface area contributed by atoms with E-state index in [0.717, 1.165) is 5.56 Å². The van der Waals surface area contributed by atoms with Crippen LogP contribution in [0.25, 0.3) is 0 Å². The van der Waals surface area contributed by atoms with Crippen molar-refractivity contribution >= 4 is 17.6 Å². The van der Waals surface area contributed by atoms with Gasteiger partial charge >= 0.3 is 5.97 Å². The van der Waals surface area contributed by atoms with Crippen LogP contribution < -0.4 is 10.1 Å². The molecule has 1 atom stereocenters. The van der Waals surface area contributed by atoms with Crippen LogP contribution in [0.4, 0.5) is 0 Å². The summed E-state index contributed by atoms with van der Waals surface area (Å²) >= 11 is 6.17. The molecule has 1 N–H and O–H groups in total. The molecule has 0 aliphatic carbocycles. The highest BCUT2D eigenvalue weighted by Gasteiger charge is 2.17. The summed E-state index contributed by atoms with van der Waals surface area (Å²) in [4.78, 5) is 11.4. The van der Waals surface area contributed by atoms with Gasteiger partial charge in [-0.1, -0.05) is 17.7 Å². The third-order valence-electron chi connectivity index (χ3n) is 2.70. The fourth-order valence-electron chi connectivity index (χ4n) is 1.61. The number of rotatable bonds is 8. The molecule has 0 saturated heterocycles. The van der Waals surface area contributed by atoms with Crippen LogP contribution in [-0.4, -0.2) is 39.4 Å². The number of hydrogen-bond donors (Lipinski definition) is 1. The van der Waals surface area contributed by atoms with E-state index < -0.39 is 12.1 Å². The van der Waals surface area contributed by atoms with Gasteiger partial charge in [-0.3, -0.25) is 0 Å². The molecule has 1 unspecified atom stereocenters. The normalized spacial score (nSPS) is 12.0. The van der Waals surface area contributed by atoms with Gasteiger partial charge in [0.2, 0.25) is 0 Å². The summed E-state index contributed by atoms with van der Waals surface area (Å²) in [5.41, 5.74) is 0.807. The number of benzene rings is 1. The number of carbonyl (C=O) groups excluding carboxylic acids is 1. The van der Waals surface area contributed by atoms with Crippen molar-refractivity contribution in [1.82, 2.24) is 5.32 Å². The van der Waals surface area contributed by atoms with E-state index in [1.807, 2.05) is 0 Å². The molecule has 1 aromatic rings. The third-order valence-corrected chi connectivity index (χ3v) is 3.05. The number of hydrogen-bond acceptors (Lipinski definition) is 5. The van der Waals surface area contributed by atoms with Gasteiger partial charge in [-0.2, -0.15) is 0 Å². The molecule has 0 aromatic heterocycles. The van der Waals surface area contributed by atoms with Crippen LogP contribution in [0.3, 0.4) is 0 Å². The number of methoxy groups -OCH3 is 2. The van der Waals surface area contributed by atoms with Gasteiger partial charge in [0.25, 0.3) is 0 Å². The van der Waals surface area contributed by atoms with Crippen LogP contribution in [0, 0.1) is 0 Å². The van der Waals surface area contributed by atoms with Crippen molar-refractivity contribution in [1.29, 1.82) is 0 Å². The molecule has 0 aliphatic heterocycles. The lowest BCUT2D eigenvalue weighted by molar-refractivity contribution is -0.147. The molecule has 0 spiro atoms. The molecule has 0 bridgehead atoms. The summed E-state index contributed by atoms with van der Waals surface area (Å²) in [5, 5.41) is 3.78. The Morgan fingerprint density at radius 2 is 2.15 bits per heavy atom. The Morgan fingerprint density at radius 1 is 1.40 bits per heavy atom. The van der Waals surface area contributed by atoms with Gasteiger partial charge in [-0.25, -0.2) is 4.79 Å². The van der Waals surface area contributed by atoms with E-state index in [1.165, 1.54) is 7.11 Å². The van der Waals surface area contributed by atoms with Crippen molar-refractivity contribution in [3.05, 3.63) is 28.8 Å². The Kier molecular flexibility index (Phi) is 7.36. The van der Waals surface area contributed by atoms with E-state index in [1.54, 1.807) is 32.2 Å². The topological polar surface area (TPSA) is 56.8 Å². The number of halogens is 1. The molecule has 112 valence electrons. The number of carbonyl (C=O) groups is 1. The van der Waals surface area contributed by atoms with Gasteiger partial charge in [0.05, 0.1) is 13.7 Å². The highest BCUT2D eigenvalue weighted by atomic mass is 35.5. The van der Waals surface area contributed by atoms with Crippen LogP contribution in [0.1, 0.15) is 12.5 Å². The largest absolute Gasteiger partial charge is 0.479 e. The molecular formula is C14H20ClNO4. The lowest BCUT2D eigenvalue weighted by Crippen LogP contribution is -2.26. The summed E-state index contributed by atoms with van der Waals surface area (Å²) in [6.07, 6.45) is -0.684. The number of ether oxygens (including phenoxy) is 3. The lowest BCUT2D eigenvalue weighted by atomic mass is 10.2. The molecule has 0 aliphatic rings. The molecule has 0 fully saturated rings.